The summed E-state index contributed by atoms with van der Waals surface area (Å²) in [4.78, 5) is 23.8. The highest BCUT2D eigenvalue weighted by atomic mass is 16.5. The molecule has 0 saturated carbocycles. The van der Waals surface area contributed by atoms with E-state index in [1.54, 1.807) is 0 Å². The molecule has 3 rings (SSSR count). The van der Waals surface area contributed by atoms with Crippen LogP contribution in [0, 0.1) is 0 Å². The standard InChI is InChI=1S/C35H45NO3/c1-6-7-8-9-10-31(29-15-17-30(18-16-29)34(38)36-24-23-33(37)39-5)25-26-11-13-27(14-12-26)28-19-21-32(22-20-28)35(2,3)4/h11-22,31H,6-10,23-25H2,1-5H3,(H,36,38). The van der Waals surface area contributed by atoms with Gasteiger partial charge in [-0.05, 0) is 64.1 Å². The zero-order chi connectivity index (χ0) is 28.3. The first-order valence-corrected chi connectivity index (χ1v) is 14.4. The monoisotopic (exact) mass is 527 g/mol. The van der Waals surface area contributed by atoms with E-state index in [1.807, 2.05) is 12.1 Å². The van der Waals surface area contributed by atoms with Crippen molar-refractivity contribution in [3.05, 3.63) is 95.1 Å². The first-order valence-electron chi connectivity index (χ1n) is 14.4. The van der Waals surface area contributed by atoms with Gasteiger partial charge in [0.2, 0.25) is 0 Å². The smallest absolute Gasteiger partial charge is 0.307 e. The second-order valence-corrected chi connectivity index (χ2v) is 11.5. The Labute approximate surface area is 235 Å². The van der Waals surface area contributed by atoms with E-state index in [-0.39, 0.29) is 30.3 Å². The minimum Gasteiger partial charge on any atom is -0.469 e. The third-order valence-electron chi connectivity index (χ3n) is 7.41. The Morgan fingerprint density at radius 3 is 2.00 bits per heavy atom. The zero-order valence-electron chi connectivity index (χ0n) is 24.4. The van der Waals surface area contributed by atoms with Crippen molar-refractivity contribution in [2.75, 3.05) is 13.7 Å². The molecule has 3 aromatic rings. The molecule has 4 nitrogen and oxygen atoms in total. The number of rotatable bonds is 13. The highest BCUT2D eigenvalue weighted by Crippen LogP contribution is 2.30. The average molecular weight is 528 g/mol. The van der Waals surface area contributed by atoms with Gasteiger partial charge in [0, 0.05) is 12.1 Å². The summed E-state index contributed by atoms with van der Waals surface area (Å²) in [5.41, 5.74) is 7.18. The van der Waals surface area contributed by atoms with Gasteiger partial charge in [-0.3, -0.25) is 9.59 Å². The summed E-state index contributed by atoms with van der Waals surface area (Å²) in [5, 5.41) is 2.79. The zero-order valence-corrected chi connectivity index (χ0v) is 24.4. The maximum absolute atomic E-state index is 12.5. The summed E-state index contributed by atoms with van der Waals surface area (Å²) < 4.78 is 4.63. The highest BCUT2D eigenvalue weighted by molar-refractivity contribution is 5.94. The summed E-state index contributed by atoms with van der Waals surface area (Å²) in [6, 6.07) is 25.9. The maximum Gasteiger partial charge on any atom is 0.307 e. The van der Waals surface area contributed by atoms with Gasteiger partial charge in [-0.1, -0.05) is 114 Å². The Bertz CT molecular complexity index is 1170. The van der Waals surface area contributed by atoms with Gasteiger partial charge in [-0.25, -0.2) is 0 Å². The Morgan fingerprint density at radius 2 is 1.44 bits per heavy atom. The number of esters is 1. The molecule has 0 aliphatic rings. The molecule has 0 saturated heterocycles. The van der Waals surface area contributed by atoms with Crippen LogP contribution in [0.15, 0.2) is 72.8 Å². The Hall–Kier alpha value is -3.40. The summed E-state index contributed by atoms with van der Waals surface area (Å²) >= 11 is 0. The third-order valence-corrected chi connectivity index (χ3v) is 7.41. The maximum atomic E-state index is 12.5. The Balaban J connectivity index is 1.69. The van der Waals surface area contributed by atoms with Gasteiger partial charge in [0.1, 0.15) is 0 Å². The fourth-order valence-electron chi connectivity index (χ4n) is 4.87. The van der Waals surface area contributed by atoms with Crippen LogP contribution < -0.4 is 5.32 Å². The van der Waals surface area contributed by atoms with Crippen LogP contribution in [0.3, 0.4) is 0 Å². The average Bonchev–Trinajstić information content (AvgIpc) is 2.94. The molecule has 4 heteroatoms. The van der Waals surface area contributed by atoms with E-state index in [0.29, 0.717) is 11.5 Å². The fourth-order valence-corrected chi connectivity index (χ4v) is 4.87. The molecule has 1 unspecified atom stereocenters. The van der Waals surface area contributed by atoms with Gasteiger partial charge in [-0.15, -0.1) is 0 Å². The minimum atomic E-state index is -0.331. The fraction of sp³-hybridized carbons (Fsp3) is 0.429. The minimum absolute atomic E-state index is 0.154. The summed E-state index contributed by atoms with van der Waals surface area (Å²) in [6.45, 7) is 9.23. The molecule has 208 valence electrons. The number of methoxy groups -OCH3 is 1. The van der Waals surface area contributed by atoms with Crippen LogP contribution in [0.25, 0.3) is 11.1 Å². The molecule has 0 radical (unpaired) electrons. The van der Waals surface area contributed by atoms with Gasteiger partial charge < -0.3 is 10.1 Å². The lowest BCUT2D eigenvalue weighted by Crippen LogP contribution is -2.26. The SMILES string of the molecule is CCCCCCC(Cc1ccc(-c2ccc(C(C)(C)C)cc2)cc1)c1ccc(C(=O)NCCC(=O)OC)cc1. The van der Waals surface area contributed by atoms with Crippen molar-refractivity contribution in [2.24, 2.45) is 0 Å². The van der Waals surface area contributed by atoms with Crippen LogP contribution in [-0.4, -0.2) is 25.5 Å². The molecule has 0 spiro atoms. The van der Waals surface area contributed by atoms with Crippen molar-refractivity contribution >= 4 is 11.9 Å². The van der Waals surface area contributed by atoms with Crippen LogP contribution in [0.2, 0.25) is 0 Å². The van der Waals surface area contributed by atoms with Crippen molar-refractivity contribution < 1.29 is 14.3 Å². The number of nitrogens with one attached hydrogen (secondary N) is 1. The lowest BCUT2D eigenvalue weighted by Gasteiger charge is -2.19. The largest absolute Gasteiger partial charge is 0.469 e. The van der Waals surface area contributed by atoms with E-state index in [2.05, 4.69) is 98.4 Å². The normalized spacial score (nSPS) is 12.1. The van der Waals surface area contributed by atoms with Crippen molar-refractivity contribution in [3.63, 3.8) is 0 Å². The molecule has 39 heavy (non-hydrogen) atoms. The van der Waals surface area contributed by atoms with E-state index in [9.17, 15) is 9.59 Å². The summed E-state index contributed by atoms with van der Waals surface area (Å²) in [6.07, 6.45) is 7.20. The second-order valence-electron chi connectivity index (χ2n) is 11.5. The molecular weight excluding hydrogens is 482 g/mol. The molecular formula is C35H45NO3. The molecule has 1 atom stereocenters. The van der Waals surface area contributed by atoms with E-state index in [0.717, 1.165) is 12.8 Å². The summed E-state index contributed by atoms with van der Waals surface area (Å²) in [7, 11) is 1.35. The molecule has 3 aromatic carbocycles. The predicted octanol–water partition coefficient (Wildman–Crippen LogP) is 8.24. The molecule has 1 amide bonds. The number of carbonyl (C=O) groups excluding carboxylic acids is 2. The quantitative estimate of drug-likeness (QED) is 0.180. The number of benzene rings is 3. The van der Waals surface area contributed by atoms with E-state index in [1.165, 1.54) is 60.6 Å². The molecule has 0 heterocycles. The number of hydrogen-bond donors (Lipinski definition) is 1. The molecule has 0 aliphatic carbocycles. The van der Waals surface area contributed by atoms with E-state index >= 15 is 0 Å². The number of hydrogen-bond acceptors (Lipinski definition) is 3. The first kappa shape index (κ1) is 30.1. The van der Waals surface area contributed by atoms with Gasteiger partial charge >= 0.3 is 5.97 Å². The number of unbranched alkanes of at least 4 members (excludes halogenated alkanes) is 3. The first-order chi connectivity index (χ1) is 18.7. The lowest BCUT2D eigenvalue weighted by molar-refractivity contribution is -0.140. The van der Waals surface area contributed by atoms with Crippen molar-refractivity contribution in [2.45, 2.75) is 84.0 Å². The van der Waals surface area contributed by atoms with Crippen molar-refractivity contribution in [1.29, 1.82) is 0 Å². The van der Waals surface area contributed by atoms with Crippen molar-refractivity contribution in [3.8, 4) is 11.1 Å². The molecule has 1 N–H and O–H groups in total. The van der Waals surface area contributed by atoms with Gasteiger partial charge in [0.15, 0.2) is 0 Å². The molecule has 0 aliphatic heterocycles. The van der Waals surface area contributed by atoms with Crippen molar-refractivity contribution in [1.82, 2.24) is 5.32 Å². The predicted molar refractivity (Wildman–Crippen MR) is 161 cm³/mol. The van der Waals surface area contributed by atoms with Crippen LogP contribution in [0.4, 0.5) is 0 Å². The number of ether oxygens (including phenoxy) is 1. The van der Waals surface area contributed by atoms with Gasteiger partial charge in [-0.2, -0.15) is 0 Å². The Kier molecular flexibility index (Phi) is 11.3. The molecule has 0 aromatic heterocycles. The van der Waals surface area contributed by atoms with Crippen LogP contribution in [-0.2, 0) is 21.4 Å². The lowest BCUT2D eigenvalue weighted by atomic mass is 9.85. The molecule has 0 bridgehead atoms. The van der Waals surface area contributed by atoms with E-state index in [4.69, 9.17) is 0 Å². The Morgan fingerprint density at radius 1 is 0.821 bits per heavy atom. The van der Waals surface area contributed by atoms with Gasteiger partial charge in [0.25, 0.3) is 5.91 Å². The molecule has 0 fully saturated rings. The van der Waals surface area contributed by atoms with E-state index < -0.39 is 0 Å². The van der Waals surface area contributed by atoms with Crippen LogP contribution in [0.1, 0.15) is 99.2 Å². The highest BCUT2D eigenvalue weighted by Gasteiger charge is 2.15. The number of carbonyl (C=O) groups is 2. The van der Waals surface area contributed by atoms with Crippen LogP contribution >= 0.6 is 0 Å². The topological polar surface area (TPSA) is 55.4 Å². The van der Waals surface area contributed by atoms with Crippen LogP contribution in [0.5, 0.6) is 0 Å². The summed E-state index contributed by atoms with van der Waals surface area (Å²) in [5.74, 6) is -0.102. The van der Waals surface area contributed by atoms with Gasteiger partial charge in [0.05, 0.1) is 13.5 Å². The number of amides is 1. The third kappa shape index (κ3) is 9.38. The second kappa shape index (κ2) is 14.7.